The van der Waals surface area contributed by atoms with E-state index in [-0.39, 0.29) is 22.4 Å². The number of benzene rings is 2. The van der Waals surface area contributed by atoms with E-state index in [0.717, 1.165) is 11.1 Å². The van der Waals surface area contributed by atoms with Crippen LogP contribution >= 0.6 is 12.2 Å². The van der Waals surface area contributed by atoms with Gasteiger partial charge in [0.2, 0.25) is 0 Å². The molecule has 0 bridgehead atoms. The number of hydrogen-bond acceptors (Lipinski definition) is 4. The first kappa shape index (κ1) is 19.0. The first-order valence-electron chi connectivity index (χ1n) is 8.59. The van der Waals surface area contributed by atoms with Crippen molar-refractivity contribution in [2.75, 3.05) is 13.2 Å². The Labute approximate surface area is 160 Å². The lowest BCUT2D eigenvalue weighted by molar-refractivity contribution is 0.121. The van der Waals surface area contributed by atoms with Gasteiger partial charge in [0.15, 0.2) is 9.84 Å². The number of thiocarbonyl (C=S) groups is 1. The average molecular weight is 390 g/mol. The van der Waals surface area contributed by atoms with Crippen LogP contribution in [-0.2, 0) is 14.6 Å². The molecule has 1 aliphatic rings. The molecule has 26 heavy (non-hydrogen) atoms. The van der Waals surface area contributed by atoms with Crippen LogP contribution in [-0.4, -0.2) is 31.9 Å². The number of aryl methyl sites for hydroxylation is 1. The van der Waals surface area contributed by atoms with Crippen molar-refractivity contribution in [1.29, 1.82) is 0 Å². The molecule has 0 saturated heterocycles. The fourth-order valence-electron chi connectivity index (χ4n) is 3.67. The van der Waals surface area contributed by atoms with Gasteiger partial charge in [-0.15, -0.1) is 0 Å². The van der Waals surface area contributed by atoms with Crippen LogP contribution in [0.1, 0.15) is 24.0 Å². The molecule has 3 atom stereocenters. The molecule has 0 radical (unpaired) electrons. The van der Waals surface area contributed by atoms with Gasteiger partial charge < -0.3 is 10.5 Å². The number of nitrogens with two attached hydrogens (primary N) is 1. The Morgan fingerprint density at radius 3 is 2.31 bits per heavy atom. The van der Waals surface area contributed by atoms with E-state index < -0.39 is 20.5 Å². The molecule has 2 N–H and O–H groups in total. The van der Waals surface area contributed by atoms with Crippen molar-refractivity contribution in [1.82, 2.24) is 0 Å². The molecule has 3 rings (SSSR count). The topological polar surface area (TPSA) is 69.4 Å². The summed E-state index contributed by atoms with van der Waals surface area (Å²) in [4.78, 5) is 0.484. The summed E-state index contributed by atoms with van der Waals surface area (Å²) in [5, 5.41) is -0.718. The molecule has 1 fully saturated rings. The molecule has 0 spiro atoms. The second-order valence-corrected chi connectivity index (χ2v) is 9.22. The molecule has 0 heterocycles. The second-order valence-electron chi connectivity index (χ2n) is 6.71. The van der Waals surface area contributed by atoms with Crippen molar-refractivity contribution in [3.05, 3.63) is 65.7 Å². The van der Waals surface area contributed by atoms with Crippen LogP contribution in [0.4, 0.5) is 0 Å². The van der Waals surface area contributed by atoms with Gasteiger partial charge in [0.05, 0.1) is 27.2 Å². The van der Waals surface area contributed by atoms with E-state index in [1.807, 2.05) is 38.1 Å². The molecular weight excluding hydrogens is 366 g/mol. The van der Waals surface area contributed by atoms with Gasteiger partial charge in [0, 0.05) is 12.5 Å². The third-order valence-corrected chi connectivity index (χ3v) is 7.77. The quantitative estimate of drug-likeness (QED) is 0.736. The minimum Gasteiger partial charge on any atom is -0.393 e. The van der Waals surface area contributed by atoms with E-state index in [9.17, 15) is 8.42 Å². The smallest absolute Gasteiger partial charge is 0.182 e. The number of ether oxygens (including phenoxy) is 1. The number of rotatable bonds is 7. The van der Waals surface area contributed by atoms with Crippen LogP contribution < -0.4 is 5.73 Å². The molecule has 0 aliphatic heterocycles. The molecule has 138 valence electrons. The van der Waals surface area contributed by atoms with E-state index in [1.54, 1.807) is 30.3 Å². The molecule has 0 aromatic heterocycles. The van der Waals surface area contributed by atoms with Gasteiger partial charge >= 0.3 is 0 Å². The second kappa shape index (κ2) is 7.10. The highest BCUT2D eigenvalue weighted by atomic mass is 32.2. The van der Waals surface area contributed by atoms with E-state index in [1.165, 1.54) is 0 Å². The van der Waals surface area contributed by atoms with Gasteiger partial charge in [-0.25, -0.2) is 8.42 Å². The largest absolute Gasteiger partial charge is 0.393 e. The zero-order chi connectivity index (χ0) is 18.9. The van der Waals surface area contributed by atoms with Crippen LogP contribution in [0, 0.1) is 12.3 Å². The molecule has 2 aromatic rings. The monoisotopic (exact) mass is 389 g/mol. The van der Waals surface area contributed by atoms with E-state index >= 15 is 0 Å². The van der Waals surface area contributed by atoms with Crippen LogP contribution in [0.5, 0.6) is 0 Å². The highest BCUT2D eigenvalue weighted by Gasteiger charge is 2.73. The highest BCUT2D eigenvalue weighted by molar-refractivity contribution is 7.92. The Morgan fingerprint density at radius 1 is 1.15 bits per heavy atom. The van der Waals surface area contributed by atoms with Crippen molar-refractivity contribution in [2.24, 2.45) is 11.1 Å². The molecule has 4 nitrogen and oxygen atoms in total. The first-order chi connectivity index (χ1) is 12.4. The van der Waals surface area contributed by atoms with Crippen molar-refractivity contribution in [3.8, 4) is 0 Å². The molecule has 1 saturated carbocycles. The Kier molecular flexibility index (Phi) is 5.19. The summed E-state index contributed by atoms with van der Waals surface area (Å²) in [6.07, 6.45) is 0. The van der Waals surface area contributed by atoms with Gasteiger partial charge in [-0.3, -0.25) is 0 Å². The summed E-state index contributed by atoms with van der Waals surface area (Å²) in [7, 11) is -3.60. The van der Waals surface area contributed by atoms with Gasteiger partial charge in [-0.2, -0.15) is 0 Å². The SMILES string of the molecule is CCOC[C@]1(C(N)=S)[C@H](c2ccc(C)cc2)[C@@H]1S(=O)(=O)c1ccccc1. The molecule has 0 amide bonds. The lowest BCUT2D eigenvalue weighted by Crippen LogP contribution is -2.33. The third-order valence-electron chi connectivity index (χ3n) is 5.10. The van der Waals surface area contributed by atoms with Crippen molar-refractivity contribution in [2.45, 2.75) is 29.9 Å². The van der Waals surface area contributed by atoms with Gasteiger partial charge in [-0.05, 0) is 31.5 Å². The summed E-state index contributed by atoms with van der Waals surface area (Å²) in [5.74, 6) is -0.308. The van der Waals surface area contributed by atoms with Crippen LogP contribution in [0.25, 0.3) is 0 Å². The minimum absolute atomic E-state index is 0.195. The fraction of sp³-hybridized carbons (Fsp3) is 0.350. The first-order valence-corrected chi connectivity index (χ1v) is 10.5. The van der Waals surface area contributed by atoms with E-state index in [0.29, 0.717) is 6.61 Å². The van der Waals surface area contributed by atoms with Crippen molar-refractivity contribution >= 4 is 27.0 Å². The zero-order valence-corrected chi connectivity index (χ0v) is 16.5. The maximum atomic E-state index is 13.4. The third kappa shape index (κ3) is 3.06. The lowest BCUT2D eigenvalue weighted by Gasteiger charge is -2.17. The van der Waals surface area contributed by atoms with Gasteiger partial charge in [0.1, 0.15) is 0 Å². The van der Waals surface area contributed by atoms with E-state index in [2.05, 4.69) is 0 Å². The maximum Gasteiger partial charge on any atom is 0.182 e. The number of sulfone groups is 1. The van der Waals surface area contributed by atoms with Crippen molar-refractivity contribution in [3.63, 3.8) is 0 Å². The Balaban J connectivity index is 2.10. The molecule has 1 aliphatic carbocycles. The van der Waals surface area contributed by atoms with Crippen molar-refractivity contribution < 1.29 is 13.2 Å². The molecule has 2 aromatic carbocycles. The zero-order valence-electron chi connectivity index (χ0n) is 14.9. The summed E-state index contributed by atoms with van der Waals surface area (Å²) in [6.45, 7) is 4.55. The van der Waals surface area contributed by atoms with E-state index in [4.69, 9.17) is 22.7 Å². The summed E-state index contributed by atoms with van der Waals surface area (Å²) >= 11 is 5.34. The summed E-state index contributed by atoms with van der Waals surface area (Å²) < 4.78 is 32.3. The van der Waals surface area contributed by atoms with Crippen LogP contribution in [0.2, 0.25) is 0 Å². The molecule has 0 unspecified atom stereocenters. The number of hydrogen-bond donors (Lipinski definition) is 1. The Bertz CT molecular complexity index is 894. The highest BCUT2D eigenvalue weighted by Crippen LogP contribution is 2.64. The molecule has 6 heteroatoms. The predicted molar refractivity (Wildman–Crippen MR) is 107 cm³/mol. The van der Waals surface area contributed by atoms with Crippen LogP contribution in [0.3, 0.4) is 0 Å². The predicted octanol–water partition coefficient (Wildman–Crippen LogP) is 3.24. The average Bonchev–Trinajstić information content (AvgIpc) is 3.33. The van der Waals surface area contributed by atoms with Crippen LogP contribution in [0.15, 0.2) is 59.5 Å². The Morgan fingerprint density at radius 2 is 1.77 bits per heavy atom. The Hall–Kier alpha value is -1.76. The normalized spacial score (nSPS) is 25.0. The standard InChI is InChI=1S/C20H23NO3S2/c1-3-24-13-20(19(21)25)17(15-11-9-14(2)10-12-15)18(20)26(22,23)16-7-5-4-6-8-16/h4-12,17-18H,3,13H2,1-2H3,(H2,21,25)/t17-,18+,20+/m1/s1. The van der Waals surface area contributed by atoms with Gasteiger partial charge in [0.25, 0.3) is 0 Å². The van der Waals surface area contributed by atoms with Gasteiger partial charge in [-0.1, -0.05) is 60.2 Å². The fourth-order valence-corrected chi connectivity index (χ4v) is 6.46. The summed E-state index contributed by atoms with van der Waals surface area (Å²) in [6, 6.07) is 16.3. The minimum atomic E-state index is -3.60. The maximum absolute atomic E-state index is 13.4. The summed E-state index contributed by atoms with van der Waals surface area (Å²) in [5.41, 5.74) is 7.24. The molecular formula is C20H23NO3S2. The lowest BCUT2D eigenvalue weighted by atomic mass is 9.99.